The number of amides is 2. The first-order chi connectivity index (χ1) is 12.1. The molecule has 0 aliphatic carbocycles. The third kappa shape index (κ3) is 6.07. The first-order valence-corrected chi connectivity index (χ1v) is 8.40. The van der Waals surface area contributed by atoms with Crippen molar-refractivity contribution >= 4 is 35.0 Å². The van der Waals surface area contributed by atoms with Gasteiger partial charge in [0.05, 0.1) is 22.1 Å². The van der Waals surface area contributed by atoms with Crippen molar-refractivity contribution in [1.29, 1.82) is 0 Å². The van der Waals surface area contributed by atoms with Crippen LogP contribution < -0.4 is 11.1 Å². The van der Waals surface area contributed by atoms with Crippen LogP contribution in [-0.2, 0) is 4.74 Å². The van der Waals surface area contributed by atoms with E-state index in [1.165, 1.54) is 17.0 Å². The summed E-state index contributed by atoms with van der Waals surface area (Å²) in [6.07, 6.45) is 1.13. The van der Waals surface area contributed by atoms with Crippen LogP contribution in [0.5, 0.6) is 0 Å². The molecular weight excluding hydrogens is 364 g/mol. The third-order valence-corrected chi connectivity index (χ3v) is 3.93. The van der Waals surface area contributed by atoms with E-state index in [2.05, 4.69) is 10.1 Å². The topological polar surface area (TPSA) is 128 Å². The van der Waals surface area contributed by atoms with E-state index in [-0.39, 0.29) is 34.6 Å². The molecule has 0 bridgehead atoms. The van der Waals surface area contributed by atoms with Gasteiger partial charge in [-0.15, -0.1) is 0 Å². The molecule has 26 heavy (non-hydrogen) atoms. The zero-order chi connectivity index (χ0) is 19.9. The quantitative estimate of drug-likeness (QED) is 0.381. The molecule has 0 radical (unpaired) electrons. The minimum Gasteiger partial charge on any atom is -0.450 e. The van der Waals surface area contributed by atoms with Crippen LogP contribution >= 0.6 is 11.6 Å². The van der Waals surface area contributed by atoms with Crippen molar-refractivity contribution in [2.75, 3.05) is 26.0 Å². The summed E-state index contributed by atoms with van der Waals surface area (Å²) in [6.45, 7) is 2.05. The Bertz CT molecular complexity index is 681. The maximum atomic E-state index is 12.4. The minimum atomic E-state index is -0.822. The lowest BCUT2D eigenvalue weighted by Gasteiger charge is -2.20. The Morgan fingerprint density at radius 2 is 2.04 bits per heavy atom. The number of carbonyl (C=O) groups is 2. The number of nitro groups is 1. The van der Waals surface area contributed by atoms with E-state index in [0.717, 1.165) is 0 Å². The number of anilines is 1. The molecule has 144 valence electrons. The Morgan fingerprint density at radius 3 is 2.58 bits per heavy atom. The van der Waals surface area contributed by atoms with Crippen molar-refractivity contribution in [1.82, 2.24) is 4.90 Å². The molecule has 0 aliphatic rings. The summed E-state index contributed by atoms with van der Waals surface area (Å²) in [5.74, 6) is -0.428. The van der Waals surface area contributed by atoms with Gasteiger partial charge in [0.1, 0.15) is 5.69 Å². The lowest BCUT2D eigenvalue weighted by molar-refractivity contribution is -0.384. The Hall–Kier alpha value is -2.55. The smallest absolute Gasteiger partial charge is 0.404 e. The highest BCUT2D eigenvalue weighted by Gasteiger charge is 2.26. The molecule has 0 aliphatic heterocycles. The van der Waals surface area contributed by atoms with Crippen molar-refractivity contribution < 1.29 is 19.2 Å². The van der Waals surface area contributed by atoms with Crippen LogP contribution in [0.15, 0.2) is 12.1 Å². The van der Waals surface area contributed by atoms with Crippen molar-refractivity contribution in [3.05, 3.63) is 32.8 Å². The van der Waals surface area contributed by atoms with Gasteiger partial charge in [-0.1, -0.05) is 11.6 Å². The Balaban J connectivity index is 2.95. The Morgan fingerprint density at radius 1 is 1.38 bits per heavy atom. The summed E-state index contributed by atoms with van der Waals surface area (Å²) in [5, 5.41) is 14.5. The fraction of sp³-hybridized carbons (Fsp3) is 0.500. The largest absolute Gasteiger partial charge is 0.450 e. The van der Waals surface area contributed by atoms with Gasteiger partial charge in [0.25, 0.3) is 11.6 Å². The van der Waals surface area contributed by atoms with Crippen LogP contribution in [0, 0.1) is 10.1 Å². The highest BCUT2D eigenvalue weighted by molar-refractivity contribution is 6.35. The minimum absolute atomic E-state index is 0.0646. The number of nitrogens with zero attached hydrogens (tertiary/aromatic N) is 2. The summed E-state index contributed by atoms with van der Waals surface area (Å²) in [4.78, 5) is 35.0. The van der Waals surface area contributed by atoms with Crippen LogP contribution in [-0.4, -0.2) is 48.6 Å². The van der Waals surface area contributed by atoms with Gasteiger partial charge >= 0.3 is 6.09 Å². The van der Waals surface area contributed by atoms with Gasteiger partial charge < -0.3 is 20.7 Å². The number of carbonyl (C=O) groups excluding carboxylic acids is 2. The number of nitrogens with one attached hydrogen (secondary N) is 1. The summed E-state index contributed by atoms with van der Waals surface area (Å²) in [7, 11) is 3.09. The number of rotatable bonds is 9. The van der Waals surface area contributed by atoms with E-state index in [1.54, 1.807) is 14.1 Å². The van der Waals surface area contributed by atoms with E-state index >= 15 is 0 Å². The second-order valence-electron chi connectivity index (χ2n) is 5.98. The number of hydrogen-bond acceptors (Lipinski definition) is 6. The van der Waals surface area contributed by atoms with Crippen LogP contribution in [0.3, 0.4) is 0 Å². The van der Waals surface area contributed by atoms with Gasteiger partial charge in [-0.05, 0) is 32.3 Å². The Labute approximate surface area is 156 Å². The first kappa shape index (κ1) is 21.5. The first-order valence-electron chi connectivity index (χ1n) is 8.02. The molecule has 0 aromatic heterocycles. The fourth-order valence-corrected chi connectivity index (χ4v) is 2.58. The maximum absolute atomic E-state index is 12.4. The summed E-state index contributed by atoms with van der Waals surface area (Å²) < 4.78 is 4.65. The second-order valence-corrected chi connectivity index (χ2v) is 6.39. The Kier molecular flexibility index (Phi) is 8.11. The molecule has 3 N–H and O–H groups in total. The molecule has 1 aromatic carbocycles. The number of halogens is 1. The molecule has 0 saturated carbocycles. The molecule has 0 fully saturated rings. The molecule has 1 atom stereocenters. The van der Waals surface area contributed by atoms with Crippen molar-refractivity contribution in [3.8, 4) is 0 Å². The molecule has 10 heteroatoms. The molecule has 2 amide bonds. The van der Waals surface area contributed by atoms with Gasteiger partial charge in [-0.3, -0.25) is 14.9 Å². The van der Waals surface area contributed by atoms with Gasteiger partial charge in [0.15, 0.2) is 0 Å². The lowest BCUT2D eigenvalue weighted by Crippen LogP contribution is -2.25. The number of hydrogen-bond donors (Lipinski definition) is 2. The van der Waals surface area contributed by atoms with Crippen molar-refractivity contribution in [3.63, 3.8) is 0 Å². The highest BCUT2D eigenvalue weighted by Crippen LogP contribution is 2.35. The third-order valence-electron chi connectivity index (χ3n) is 3.62. The van der Waals surface area contributed by atoms with Crippen LogP contribution in [0.1, 0.15) is 36.5 Å². The molecule has 0 saturated heterocycles. The molecular formula is C16H23ClN4O5. The normalized spacial score (nSPS) is 11.5. The predicted octanol–water partition coefficient (Wildman–Crippen LogP) is 3.02. The van der Waals surface area contributed by atoms with E-state index < -0.39 is 16.9 Å². The fourth-order valence-electron chi connectivity index (χ4n) is 2.34. The van der Waals surface area contributed by atoms with Crippen LogP contribution in [0.2, 0.25) is 5.02 Å². The summed E-state index contributed by atoms with van der Waals surface area (Å²) in [5.41, 5.74) is 4.82. The number of nitrogens with two attached hydrogens (primary N) is 1. The molecule has 1 rings (SSSR count). The highest BCUT2D eigenvalue weighted by atomic mass is 35.5. The SMILES string of the molecule is CC(CCCCOC(N)=O)Nc1c([N+](=O)[O-])ccc(Cl)c1C(=O)N(C)C. The van der Waals surface area contributed by atoms with Gasteiger partial charge in [-0.25, -0.2) is 4.79 Å². The number of nitro benzene ring substituents is 1. The molecule has 0 spiro atoms. The summed E-state index contributed by atoms with van der Waals surface area (Å²) in [6, 6.07) is 2.44. The monoisotopic (exact) mass is 386 g/mol. The van der Waals surface area contributed by atoms with Crippen molar-refractivity contribution in [2.45, 2.75) is 32.2 Å². The number of primary amides is 1. The molecule has 1 aromatic rings. The number of benzene rings is 1. The zero-order valence-corrected chi connectivity index (χ0v) is 15.7. The van der Waals surface area contributed by atoms with E-state index in [9.17, 15) is 19.7 Å². The zero-order valence-electron chi connectivity index (χ0n) is 15.0. The van der Waals surface area contributed by atoms with Gasteiger partial charge in [0.2, 0.25) is 0 Å². The maximum Gasteiger partial charge on any atom is 0.404 e. The van der Waals surface area contributed by atoms with Gasteiger partial charge in [-0.2, -0.15) is 0 Å². The van der Waals surface area contributed by atoms with Gasteiger partial charge in [0, 0.05) is 26.2 Å². The van der Waals surface area contributed by atoms with Crippen molar-refractivity contribution in [2.24, 2.45) is 5.73 Å². The average molecular weight is 387 g/mol. The predicted molar refractivity (Wildman–Crippen MR) is 98.6 cm³/mol. The standard InChI is InChI=1S/C16H23ClN4O5/c1-10(6-4-5-9-26-16(18)23)19-14-12(21(24)25)8-7-11(17)13(14)15(22)20(2)3/h7-8,10,19H,4-6,9H2,1-3H3,(H2,18,23). The average Bonchev–Trinajstić information content (AvgIpc) is 2.53. The van der Waals surface area contributed by atoms with Crippen LogP contribution in [0.4, 0.5) is 16.2 Å². The number of ether oxygens (including phenoxy) is 1. The molecule has 9 nitrogen and oxygen atoms in total. The molecule has 0 heterocycles. The molecule has 1 unspecified atom stereocenters. The lowest BCUT2D eigenvalue weighted by atomic mass is 10.1. The second kappa shape index (κ2) is 9.81. The summed E-state index contributed by atoms with van der Waals surface area (Å²) >= 11 is 6.13. The van der Waals surface area contributed by atoms with E-state index in [1.807, 2.05) is 6.92 Å². The van der Waals surface area contributed by atoms with E-state index in [0.29, 0.717) is 19.3 Å². The number of unbranched alkanes of at least 4 members (excludes halogenated alkanes) is 1. The van der Waals surface area contributed by atoms with Crippen LogP contribution in [0.25, 0.3) is 0 Å². The van der Waals surface area contributed by atoms with E-state index in [4.69, 9.17) is 17.3 Å².